The molecule has 112 valence electrons. The molecule has 2 rings (SSSR count). The predicted molar refractivity (Wildman–Crippen MR) is 75.8 cm³/mol. The lowest BCUT2D eigenvalue weighted by atomic mass is 10.1. The van der Waals surface area contributed by atoms with Gasteiger partial charge >= 0.3 is 11.9 Å². The van der Waals surface area contributed by atoms with Crippen LogP contribution in [-0.4, -0.2) is 39.5 Å². The first-order valence-corrected chi connectivity index (χ1v) is 6.47. The fraction of sp³-hybridized carbons (Fsp3) is 0.286. The van der Waals surface area contributed by atoms with E-state index >= 15 is 0 Å². The Kier molecular flexibility index (Phi) is 4.82. The van der Waals surface area contributed by atoms with Crippen molar-refractivity contribution in [2.45, 2.75) is 0 Å². The van der Waals surface area contributed by atoms with Crippen molar-refractivity contribution in [1.82, 2.24) is 0 Å². The van der Waals surface area contributed by atoms with E-state index in [2.05, 4.69) is 4.74 Å². The van der Waals surface area contributed by atoms with Gasteiger partial charge in [-0.2, -0.15) is 0 Å². The number of carbonyl (C=O) groups is 2. The van der Waals surface area contributed by atoms with Crippen LogP contribution in [0.25, 0.3) is 0 Å². The summed E-state index contributed by atoms with van der Waals surface area (Å²) in [5.74, 6) is -1.26. The van der Waals surface area contributed by atoms with Crippen LogP contribution in [0.15, 0.2) is 35.5 Å². The summed E-state index contributed by atoms with van der Waals surface area (Å²) in [4.78, 5) is 25.4. The van der Waals surface area contributed by atoms with E-state index in [1.54, 1.807) is 24.3 Å². The quantitative estimate of drug-likeness (QED) is 0.792. The molecule has 1 aromatic rings. The van der Waals surface area contributed by atoms with Gasteiger partial charge in [-0.1, -0.05) is 11.6 Å². The maximum atomic E-state index is 12.0. The van der Waals surface area contributed by atoms with E-state index in [9.17, 15) is 9.59 Å². The van der Waals surface area contributed by atoms with Gasteiger partial charge in [0.05, 0.1) is 26.4 Å². The summed E-state index contributed by atoms with van der Waals surface area (Å²) in [5.41, 5.74) is 0.879. The number of nitrogens with zero attached hydrogens (tertiary/aromatic N) is 1. The molecule has 0 radical (unpaired) electrons. The van der Waals surface area contributed by atoms with Gasteiger partial charge < -0.3 is 19.1 Å². The van der Waals surface area contributed by atoms with Gasteiger partial charge in [-0.3, -0.25) is 0 Å². The van der Waals surface area contributed by atoms with Crippen molar-refractivity contribution in [3.63, 3.8) is 0 Å². The van der Waals surface area contributed by atoms with Gasteiger partial charge in [-0.15, -0.1) is 0 Å². The number of ether oxygens (including phenoxy) is 3. The number of halogens is 1. The minimum absolute atomic E-state index is 0.0127. The maximum absolute atomic E-state index is 12.0. The van der Waals surface area contributed by atoms with Crippen molar-refractivity contribution in [3.05, 3.63) is 40.6 Å². The van der Waals surface area contributed by atoms with Crippen molar-refractivity contribution in [2.24, 2.45) is 0 Å². The van der Waals surface area contributed by atoms with Crippen molar-refractivity contribution in [3.8, 4) is 0 Å². The summed E-state index contributed by atoms with van der Waals surface area (Å²) in [5, 5.41) is 0.563. The molecular weight excluding hydrogens is 298 g/mol. The van der Waals surface area contributed by atoms with E-state index in [1.165, 1.54) is 19.1 Å². The standard InChI is InChI=1S/C14H14ClNO5/c1-19-13(17)11-7-21-8-16(12(11)14(18)20-2)10-5-3-9(15)4-6-10/h3-6H,7-8H2,1-2H3. The Morgan fingerprint density at radius 3 is 2.33 bits per heavy atom. The lowest BCUT2D eigenvalue weighted by Gasteiger charge is -2.31. The molecule has 1 aliphatic heterocycles. The Labute approximate surface area is 126 Å². The van der Waals surface area contributed by atoms with Gasteiger partial charge in [0.2, 0.25) is 0 Å². The van der Waals surface area contributed by atoms with Crippen molar-refractivity contribution in [1.29, 1.82) is 0 Å². The minimum atomic E-state index is -0.631. The van der Waals surface area contributed by atoms with E-state index in [-0.39, 0.29) is 24.6 Å². The molecule has 0 unspecified atom stereocenters. The zero-order chi connectivity index (χ0) is 15.4. The summed E-state index contributed by atoms with van der Waals surface area (Å²) in [6.45, 7) is 0.105. The highest BCUT2D eigenvalue weighted by molar-refractivity contribution is 6.30. The fourth-order valence-corrected chi connectivity index (χ4v) is 2.09. The van der Waals surface area contributed by atoms with E-state index in [0.29, 0.717) is 10.7 Å². The fourth-order valence-electron chi connectivity index (χ4n) is 1.97. The second-order valence-corrected chi connectivity index (χ2v) is 4.63. The highest BCUT2D eigenvalue weighted by Gasteiger charge is 2.32. The lowest BCUT2D eigenvalue weighted by molar-refractivity contribution is -0.140. The minimum Gasteiger partial charge on any atom is -0.466 e. The molecule has 0 saturated carbocycles. The number of hydrogen-bond donors (Lipinski definition) is 0. The second kappa shape index (κ2) is 6.60. The molecule has 0 saturated heterocycles. The Balaban J connectivity index is 2.50. The zero-order valence-corrected chi connectivity index (χ0v) is 12.3. The predicted octanol–water partition coefficient (Wildman–Crippen LogP) is 1.73. The third kappa shape index (κ3) is 3.17. The van der Waals surface area contributed by atoms with Crippen LogP contribution < -0.4 is 4.90 Å². The normalized spacial score (nSPS) is 14.9. The topological polar surface area (TPSA) is 65.1 Å². The van der Waals surface area contributed by atoms with Crippen LogP contribution in [0.4, 0.5) is 5.69 Å². The largest absolute Gasteiger partial charge is 0.466 e. The highest BCUT2D eigenvalue weighted by Crippen LogP contribution is 2.27. The van der Waals surface area contributed by atoms with Gasteiger partial charge in [0, 0.05) is 10.7 Å². The molecule has 0 aliphatic carbocycles. The maximum Gasteiger partial charge on any atom is 0.355 e. The van der Waals surface area contributed by atoms with Crippen molar-refractivity contribution >= 4 is 29.2 Å². The van der Waals surface area contributed by atoms with E-state index in [4.69, 9.17) is 21.1 Å². The third-order valence-electron chi connectivity index (χ3n) is 2.97. The van der Waals surface area contributed by atoms with Crippen molar-refractivity contribution in [2.75, 3.05) is 32.5 Å². The summed E-state index contributed by atoms with van der Waals surface area (Å²) < 4.78 is 14.8. The number of esters is 2. The molecule has 0 atom stereocenters. The molecule has 6 nitrogen and oxygen atoms in total. The highest BCUT2D eigenvalue weighted by atomic mass is 35.5. The summed E-state index contributed by atoms with van der Waals surface area (Å²) in [6, 6.07) is 6.79. The average molecular weight is 312 g/mol. The van der Waals surface area contributed by atoms with Gasteiger partial charge in [0.1, 0.15) is 12.4 Å². The summed E-state index contributed by atoms with van der Waals surface area (Å²) in [7, 11) is 2.49. The number of benzene rings is 1. The first-order valence-electron chi connectivity index (χ1n) is 6.09. The molecule has 0 aromatic heterocycles. The number of carbonyl (C=O) groups excluding carboxylic acids is 2. The molecular formula is C14H14ClNO5. The average Bonchev–Trinajstić information content (AvgIpc) is 2.53. The Morgan fingerprint density at radius 2 is 1.76 bits per heavy atom. The molecule has 0 amide bonds. The van der Waals surface area contributed by atoms with Crippen LogP contribution in [0, 0.1) is 0 Å². The van der Waals surface area contributed by atoms with Crippen LogP contribution in [0.1, 0.15) is 0 Å². The third-order valence-corrected chi connectivity index (χ3v) is 3.22. The van der Waals surface area contributed by atoms with Crippen LogP contribution in [0.2, 0.25) is 5.02 Å². The van der Waals surface area contributed by atoms with Crippen LogP contribution >= 0.6 is 11.6 Å². The van der Waals surface area contributed by atoms with E-state index in [1.807, 2.05) is 0 Å². The lowest BCUT2D eigenvalue weighted by Crippen LogP contribution is -2.38. The molecule has 1 aromatic carbocycles. The summed E-state index contributed by atoms with van der Waals surface area (Å²) in [6.07, 6.45) is 0. The van der Waals surface area contributed by atoms with Gasteiger partial charge in [0.15, 0.2) is 0 Å². The van der Waals surface area contributed by atoms with Gasteiger partial charge in [-0.25, -0.2) is 9.59 Å². The smallest absolute Gasteiger partial charge is 0.355 e. The Morgan fingerprint density at radius 1 is 1.14 bits per heavy atom. The SMILES string of the molecule is COC(=O)C1=C(C(=O)OC)N(c2ccc(Cl)cc2)COC1. The first kappa shape index (κ1) is 15.3. The molecule has 0 fully saturated rings. The molecule has 21 heavy (non-hydrogen) atoms. The number of rotatable bonds is 3. The zero-order valence-electron chi connectivity index (χ0n) is 11.6. The van der Waals surface area contributed by atoms with E-state index < -0.39 is 11.9 Å². The monoisotopic (exact) mass is 311 g/mol. The van der Waals surface area contributed by atoms with Crippen LogP contribution in [0.5, 0.6) is 0 Å². The number of anilines is 1. The Bertz CT molecular complexity index is 582. The number of methoxy groups -OCH3 is 2. The second-order valence-electron chi connectivity index (χ2n) is 4.19. The van der Waals surface area contributed by atoms with Crippen molar-refractivity contribution < 1.29 is 23.8 Å². The summed E-state index contributed by atoms with van der Waals surface area (Å²) >= 11 is 5.85. The van der Waals surface area contributed by atoms with Gasteiger partial charge in [-0.05, 0) is 24.3 Å². The molecule has 7 heteroatoms. The van der Waals surface area contributed by atoms with Gasteiger partial charge in [0.25, 0.3) is 0 Å². The molecule has 0 bridgehead atoms. The first-order chi connectivity index (χ1) is 10.1. The molecule has 0 spiro atoms. The molecule has 1 heterocycles. The molecule has 1 aliphatic rings. The van der Waals surface area contributed by atoms with E-state index in [0.717, 1.165) is 0 Å². The Hall–Kier alpha value is -2.05. The van der Waals surface area contributed by atoms with Crippen LogP contribution in [-0.2, 0) is 23.8 Å². The van der Waals surface area contributed by atoms with Crippen LogP contribution in [0.3, 0.4) is 0 Å². The molecule has 0 N–H and O–H groups in total. The number of hydrogen-bond acceptors (Lipinski definition) is 6.